The minimum atomic E-state index is -0.868. The van der Waals surface area contributed by atoms with Crippen LogP contribution in [0.25, 0.3) is 0 Å². The highest BCUT2D eigenvalue weighted by Gasteiger charge is 2.17. The molecule has 7 nitrogen and oxygen atoms in total. The van der Waals surface area contributed by atoms with E-state index in [9.17, 15) is 20.0 Å². The summed E-state index contributed by atoms with van der Waals surface area (Å²) in [4.78, 5) is 20.9. The Balaban J connectivity index is 2.54. The molecule has 0 amide bonds. The number of unbranched alkanes of at least 4 members (excludes halogenated alkanes) is 1. The quantitative estimate of drug-likeness (QED) is 0.307. The standard InChI is InChI=1S/C14H19NO6/c1-2-3-6-20-9-12(17)10-21-14-5-4-11(8-16)7-13(14)15(18)19/h4-5,7-8,12,17H,2-3,6,9-10H2,1H3. The Morgan fingerprint density at radius 3 is 2.81 bits per heavy atom. The topological polar surface area (TPSA) is 98.9 Å². The molecule has 1 atom stereocenters. The third-order valence-electron chi connectivity index (χ3n) is 2.70. The second kappa shape index (κ2) is 9.04. The molecule has 21 heavy (non-hydrogen) atoms. The van der Waals surface area contributed by atoms with E-state index in [1.54, 1.807) is 0 Å². The molecular formula is C14H19NO6. The lowest BCUT2D eigenvalue weighted by Gasteiger charge is -2.13. The van der Waals surface area contributed by atoms with Crippen LogP contribution in [-0.2, 0) is 4.74 Å². The van der Waals surface area contributed by atoms with Gasteiger partial charge in [-0.1, -0.05) is 13.3 Å². The van der Waals surface area contributed by atoms with Crippen LogP contribution in [0.3, 0.4) is 0 Å². The van der Waals surface area contributed by atoms with E-state index < -0.39 is 11.0 Å². The van der Waals surface area contributed by atoms with E-state index in [2.05, 4.69) is 0 Å². The number of carbonyl (C=O) groups excluding carboxylic acids is 1. The fraction of sp³-hybridized carbons (Fsp3) is 0.500. The van der Waals surface area contributed by atoms with Crippen LogP contribution in [0.15, 0.2) is 18.2 Å². The van der Waals surface area contributed by atoms with Gasteiger partial charge in [0.2, 0.25) is 0 Å². The zero-order valence-corrected chi connectivity index (χ0v) is 11.9. The molecule has 0 spiro atoms. The molecule has 0 radical (unpaired) electrons. The summed E-state index contributed by atoms with van der Waals surface area (Å²) < 4.78 is 10.5. The Bertz CT molecular complexity index is 477. The number of aliphatic hydroxyl groups excluding tert-OH is 1. The van der Waals surface area contributed by atoms with Crippen LogP contribution in [0.1, 0.15) is 30.1 Å². The minimum absolute atomic E-state index is 0.0122. The van der Waals surface area contributed by atoms with Gasteiger partial charge in [0, 0.05) is 18.2 Å². The molecule has 0 aliphatic carbocycles. The average molecular weight is 297 g/mol. The van der Waals surface area contributed by atoms with E-state index in [4.69, 9.17) is 9.47 Å². The van der Waals surface area contributed by atoms with Gasteiger partial charge in [-0.15, -0.1) is 0 Å². The van der Waals surface area contributed by atoms with Gasteiger partial charge < -0.3 is 14.6 Å². The molecule has 116 valence electrons. The first-order valence-electron chi connectivity index (χ1n) is 6.70. The number of hydrogen-bond donors (Lipinski definition) is 1. The van der Waals surface area contributed by atoms with E-state index in [0.29, 0.717) is 12.9 Å². The molecule has 0 fully saturated rings. The van der Waals surface area contributed by atoms with Crippen LogP contribution in [0.2, 0.25) is 0 Å². The van der Waals surface area contributed by atoms with Crippen LogP contribution < -0.4 is 4.74 Å². The molecule has 1 unspecified atom stereocenters. The van der Waals surface area contributed by atoms with Crippen molar-refractivity contribution >= 4 is 12.0 Å². The summed E-state index contributed by atoms with van der Waals surface area (Å²) in [6.07, 6.45) is 1.56. The number of ether oxygens (including phenoxy) is 2. The lowest BCUT2D eigenvalue weighted by molar-refractivity contribution is -0.385. The lowest BCUT2D eigenvalue weighted by atomic mass is 10.2. The highest BCUT2D eigenvalue weighted by molar-refractivity contribution is 5.77. The molecule has 1 aromatic carbocycles. The Labute approximate surface area is 122 Å². The zero-order valence-electron chi connectivity index (χ0n) is 11.9. The second-order valence-electron chi connectivity index (χ2n) is 4.50. The molecule has 0 bridgehead atoms. The maximum absolute atomic E-state index is 10.9. The summed E-state index contributed by atoms with van der Waals surface area (Å²) in [7, 11) is 0. The van der Waals surface area contributed by atoms with Crippen molar-refractivity contribution in [3.63, 3.8) is 0 Å². The third-order valence-corrected chi connectivity index (χ3v) is 2.70. The third kappa shape index (κ3) is 5.88. The number of nitro groups is 1. The summed E-state index contributed by atoms with van der Waals surface area (Å²) in [5.41, 5.74) is -0.115. The predicted octanol–water partition coefficient (Wildman–Crippen LogP) is 1.96. The normalized spacial score (nSPS) is 11.9. The molecule has 0 saturated heterocycles. The first kappa shape index (κ1) is 17.1. The maximum atomic E-state index is 10.9. The number of nitro benzene ring substituents is 1. The van der Waals surface area contributed by atoms with Gasteiger partial charge in [0.15, 0.2) is 5.75 Å². The van der Waals surface area contributed by atoms with E-state index in [1.807, 2.05) is 6.92 Å². The van der Waals surface area contributed by atoms with Crippen molar-refractivity contribution in [2.75, 3.05) is 19.8 Å². The van der Waals surface area contributed by atoms with Gasteiger partial charge >= 0.3 is 5.69 Å². The van der Waals surface area contributed by atoms with E-state index in [0.717, 1.165) is 18.9 Å². The van der Waals surface area contributed by atoms with Crippen molar-refractivity contribution in [3.8, 4) is 5.75 Å². The van der Waals surface area contributed by atoms with Gasteiger partial charge in [-0.25, -0.2) is 0 Å². The molecule has 0 aliphatic rings. The predicted molar refractivity (Wildman–Crippen MR) is 75.7 cm³/mol. The van der Waals surface area contributed by atoms with Gasteiger partial charge in [0.25, 0.3) is 0 Å². The number of rotatable bonds is 10. The van der Waals surface area contributed by atoms with E-state index in [1.165, 1.54) is 12.1 Å². The fourth-order valence-electron chi connectivity index (χ4n) is 1.57. The van der Waals surface area contributed by atoms with Crippen LogP contribution in [0.4, 0.5) is 5.69 Å². The van der Waals surface area contributed by atoms with Crippen LogP contribution in [-0.4, -0.2) is 42.2 Å². The Hall–Kier alpha value is -1.99. The Kier molecular flexibility index (Phi) is 7.34. The largest absolute Gasteiger partial charge is 0.484 e. The van der Waals surface area contributed by atoms with Gasteiger partial charge in [-0.05, 0) is 18.6 Å². The van der Waals surface area contributed by atoms with Crippen molar-refractivity contribution in [2.45, 2.75) is 25.9 Å². The number of aldehydes is 1. The average Bonchev–Trinajstić information content (AvgIpc) is 2.49. The first-order chi connectivity index (χ1) is 10.1. The summed E-state index contributed by atoms with van der Waals surface area (Å²) in [6, 6.07) is 3.89. The lowest BCUT2D eigenvalue weighted by Crippen LogP contribution is -2.24. The summed E-state index contributed by atoms with van der Waals surface area (Å²) >= 11 is 0. The van der Waals surface area contributed by atoms with E-state index in [-0.39, 0.29) is 30.2 Å². The minimum Gasteiger partial charge on any atom is -0.484 e. The van der Waals surface area contributed by atoms with Crippen LogP contribution in [0, 0.1) is 10.1 Å². The smallest absolute Gasteiger partial charge is 0.311 e. The molecule has 0 aromatic heterocycles. The van der Waals surface area contributed by atoms with Gasteiger partial charge in [-0.2, -0.15) is 0 Å². The summed E-state index contributed by atoms with van der Waals surface area (Å²) in [5.74, 6) is 0.0122. The number of carbonyl (C=O) groups is 1. The summed E-state index contributed by atoms with van der Waals surface area (Å²) in [6.45, 7) is 2.58. The second-order valence-corrected chi connectivity index (χ2v) is 4.50. The van der Waals surface area contributed by atoms with Crippen molar-refractivity contribution < 1.29 is 24.3 Å². The van der Waals surface area contributed by atoms with Gasteiger partial charge in [0.1, 0.15) is 19.0 Å². The SMILES string of the molecule is CCCCOCC(O)COc1ccc(C=O)cc1[N+](=O)[O-]. The van der Waals surface area contributed by atoms with Crippen molar-refractivity contribution in [1.29, 1.82) is 0 Å². The molecule has 1 aromatic rings. The van der Waals surface area contributed by atoms with Crippen molar-refractivity contribution in [3.05, 3.63) is 33.9 Å². The number of aliphatic hydroxyl groups is 1. The zero-order chi connectivity index (χ0) is 15.7. The van der Waals surface area contributed by atoms with Gasteiger partial charge in [0.05, 0.1) is 11.5 Å². The summed E-state index contributed by atoms with van der Waals surface area (Å²) in [5, 5.41) is 20.6. The fourth-order valence-corrected chi connectivity index (χ4v) is 1.57. The highest BCUT2D eigenvalue weighted by atomic mass is 16.6. The monoisotopic (exact) mass is 297 g/mol. The number of benzene rings is 1. The molecular weight excluding hydrogens is 278 g/mol. The number of hydrogen-bond acceptors (Lipinski definition) is 6. The van der Waals surface area contributed by atoms with E-state index >= 15 is 0 Å². The molecule has 0 saturated carbocycles. The van der Waals surface area contributed by atoms with Gasteiger partial charge in [-0.3, -0.25) is 14.9 Å². The van der Waals surface area contributed by atoms with Crippen LogP contribution in [0.5, 0.6) is 5.75 Å². The van der Waals surface area contributed by atoms with Crippen LogP contribution >= 0.6 is 0 Å². The molecule has 1 N–H and O–H groups in total. The number of nitrogens with zero attached hydrogens (tertiary/aromatic N) is 1. The highest BCUT2D eigenvalue weighted by Crippen LogP contribution is 2.27. The van der Waals surface area contributed by atoms with Crippen molar-refractivity contribution in [2.24, 2.45) is 0 Å². The molecule has 0 aliphatic heterocycles. The Morgan fingerprint density at radius 1 is 1.43 bits per heavy atom. The first-order valence-corrected chi connectivity index (χ1v) is 6.70. The Morgan fingerprint density at radius 2 is 2.19 bits per heavy atom. The molecule has 1 rings (SSSR count). The molecule has 0 heterocycles. The molecule has 7 heteroatoms. The van der Waals surface area contributed by atoms with Crippen molar-refractivity contribution in [1.82, 2.24) is 0 Å². The maximum Gasteiger partial charge on any atom is 0.311 e.